The highest BCUT2D eigenvalue weighted by molar-refractivity contribution is 6.31. The van der Waals surface area contributed by atoms with E-state index in [-0.39, 0.29) is 5.02 Å². The second kappa shape index (κ2) is 3.72. The summed E-state index contributed by atoms with van der Waals surface area (Å²) in [6, 6.07) is 2.03. The van der Waals surface area contributed by atoms with Gasteiger partial charge in [-0.2, -0.15) is 0 Å². The van der Waals surface area contributed by atoms with Gasteiger partial charge in [0.1, 0.15) is 11.6 Å². The summed E-state index contributed by atoms with van der Waals surface area (Å²) in [5.74, 6) is -1.35. The van der Waals surface area contributed by atoms with Crippen LogP contribution in [-0.4, -0.2) is 0 Å². The summed E-state index contributed by atoms with van der Waals surface area (Å²) < 4.78 is 26.3. The minimum Gasteiger partial charge on any atom is -0.321 e. The fourth-order valence-corrected chi connectivity index (χ4v) is 2.49. The second-order valence-electron chi connectivity index (χ2n) is 4.11. The molecule has 1 aliphatic carbocycles. The molecule has 4 heteroatoms. The number of hydrogen-bond donors (Lipinski definition) is 1. The quantitative estimate of drug-likeness (QED) is 0.737. The number of nitrogens with two attached hydrogens (primary N) is 1. The van der Waals surface area contributed by atoms with E-state index in [1.54, 1.807) is 0 Å². The molecule has 82 valence electrons. The molecule has 0 radical (unpaired) electrons. The Morgan fingerprint density at radius 2 is 1.80 bits per heavy atom. The fourth-order valence-electron chi connectivity index (χ4n) is 2.19. The first-order chi connectivity index (χ1) is 7.03. The van der Waals surface area contributed by atoms with Crippen LogP contribution >= 0.6 is 11.6 Å². The van der Waals surface area contributed by atoms with Gasteiger partial charge in [-0.1, -0.05) is 24.4 Å². The Morgan fingerprint density at radius 3 is 2.40 bits per heavy atom. The summed E-state index contributed by atoms with van der Waals surface area (Å²) in [5, 5.41) is -0.0409. The predicted octanol–water partition coefficient (Wildman–Crippen LogP) is 3.35. The maximum Gasteiger partial charge on any atom is 0.145 e. The molecule has 1 aliphatic rings. The maximum absolute atomic E-state index is 13.2. The van der Waals surface area contributed by atoms with E-state index in [4.69, 9.17) is 17.3 Å². The van der Waals surface area contributed by atoms with Crippen molar-refractivity contribution in [3.63, 3.8) is 0 Å². The van der Waals surface area contributed by atoms with Crippen molar-refractivity contribution in [3.05, 3.63) is 34.4 Å². The van der Waals surface area contributed by atoms with Gasteiger partial charge >= 0.3 is 0 Å². The lowest BCUT2D eigenvalue weighted by Gasteiger charge is -2.25. The molecule has 0 unspecified atom stereocenters. The molecule has 0 amide bonds. The lowest BCUT2D eigenvalue weighted by atomic mass is 9.89. The number of halogens is 3. The van der Waals surface area contributed by atoms with Crippen molar-refractivity contribution in [2.45, 2.75) is 31.2 Å². The molecule has 0 bridgehead atoms. The lowest BCUT2D eigenvalue weighted by molar-refractivity contribution is 0.452. The van der Waals surface area contributed by atoms with Gasteiger partial charge in [-0.15, -0.1) is 0 Å². The minimum absolute atomic E-state index is 0.0409. The van der Waals surface area contributed by atoms with E-state index in [2.05, 4.69) is 0 Å². The van der Waals surface area contributed by atoms with Crippen molar-refractivity contribution < 1.29 is 8.78 Å². The van der Waals surface area contributed by atoms with Crippen LogP contribution in [0.1, 0.15) is 31.2 Å². The third-order valence-corrected chi connectivity index (χ3v) is 3.41. The maximum atomic E-state index is 13.2. The lowest BCUT2D eigenvalue weighted by Crippen LogP contribution is -2.33. The van der Waals surface area contributed by atoms with Gasteiger partial charge in [-0.3, -0.25) is 0 Å². The van der Waals surface area contributed by atoms with Gasteiger partial charge in [-0.25, -0.2) is 8.78 Å². The molecular formula is C11H12ClF2N. The highest BCUT2D eigenvalue weighted by atomic mass is 35.5. The van der Waals surface area contributed by atoms with Gasteiger partial charge in [0.25, 0.3) is 0 Å². The van der Waals surface area contributed by atoms with Gasteiger partial charge in [0.05, 0.1) is 5.02 Å². The largest absolute Gasteiger partial charge is 0.321 e. The van der Waals surface area contributed by atoms with E-state index < -0.39 is 17.2 Å². The van der Waals surface area contributed by atoms with Crippen molar-refractivity contribution in [3.8, 4) is 0 Å². The molecule has 1 nitrogen and oxygen atoms in total. The van der Waals surface area contributed by atoms with Crippen LogP contribution in [-0.2, 0) is 5.54 Å². The zero-order valence-electron chi connectivity index (χ0n) is 8.19. The Kier molecular flexibility index (Phi) is 2.69. The average Bonchev–Trinajstić information content (AvgIpc) is 2.59. The molecule has 1 aromatic carbocycles. The topological polar surface area (TPSA) is 26.0 Å². The molecule has 1 fully saturated rings. The van der Waals surface area contributed by atoms with Gasteiger partial charge in [0, 0.05) is 11.6 Å². The van der Waals surface area contributed by atoms with Crippen molar-refractivity contribution in [1.82, 2.24) is 0 Å². The van der Waals surface area contributed by atoms with Crippen LogP contribution < -0.4 is 5.73 Å². The van der Waals surface area contributed by atoms with Crippen molar-refractivity contribution >= 4 is 11.6 Å². The molecule has 2 rings (SSSR count). The molecule has 1 aromatic rings. The Bertz CT molecular complexity index is 386. The molecule has 0 heterocycles. The zero-order valence-corrected chi connectivity index (χ0v) is 8.95. The van der Waals surface area contributed by atoms with Gasteiger partial charge in [-0.05, 0) is 24.5 Å². The van der Waals surface area contributed by atoms with E-state index in [9.17, 15) is 8.78 Å². The minimum atomic E-state index is -0.733. The second-order valence-corrected chi connectivity index (χ2v) is 4.49. The van der Waals surface area contributed by atoms with Crippen LogP contribution in [0.5, 0.6) is 0 Å². The standard InChI is InChI=1S/C11H12ClF2N/c12-10-8(5-7(13)6-9(10)14)11(15)3-1-2-4-11/h5-6H,1-4,15H2. The van der Waals surface area contributed by atoms with E-state index in [1.165, 1.54) is 6.07 Å². The summed E-state index contributed by atoms with van der Waals surface area (Å²) in [6.07, 6.45) is 3.42. The molecule has 0 atom stereocenters. The summed E-state index contributed by atoms with van der Waals surface area (Å²) in [5.41, 5.74) is 5.85. The van der Waals surface area contributed by atoms with E-state index in [0.29, 0.717) is 5.56 Å². The first kappa shape index (κ1) is 10.8. The van der Waals surface area contributed by atoms with E-state index >= 15 is 0 Å². The summed E-state index contributed by atoms with van der Waals surface area (Å²) in [6.45, 7) is 0. The van der Waals surface area contributed by atoms with Crippen LogP contribution in [0.3, 0.4) is 0 Å². The molecule has 2 N–H and O–H groups in total. The molecule has 0 spiro atoms. The molecule has 15 heavy (non-hydrogen) atoms. The fraction of sp³-hybridized carbons (Fsp3) is 0.455. The van der Waals surface area contributed by atoms with Crippen LogP contribution in [0.2, 0.25) is 5.02 Å². The molecule has 1 saturated carbocycles. The Labute approximate surface area is 92.2 Å². The first-order valence-corrected chi connectivity index (χ1v) is 5.35. The average molecular weight is 232 g/mol. The molecule has 0 aliphatic heterocycles. The van der Waals surface area contributed by atoms with Crippen LogP contribution in [0.4, 0.5) is 8.78 Å². The SMILES string of the molecule is NC1(c2cc(F)cc(F)c2Cl)CCCC1. The Balaban J connectivity index is 2.51. The molecule has 0 saturated heterocycles. The molecular weight excluding hydrogens is 220 g/mol. The summed E-state index contributed by atoms with van der Waals surface area (Å²) in [4.78, 5) is 0. The number of hydrogen-bond acceptors (Lipinski definition) is 1. The third-order valence-electron chi connectivity index (χ3n) is 3.03. The van der Waals surface area contributed by atoms with Crippen molar-refractivity contribution in [2.24, 2.45) is 5.73 Å². The van der Waals surface area contributed by atoms with Gasteiger partial charge in [0.2, 0.25) is 0 Å². The Hall–Kier alpha value is -0.670. The normalized spacial score (nSPS) is 19.5. The van der Waals surface area contributed by atoms with E-state index in [1.807, 2.05) is 0 Å². The Morgan fingerprint density at radius 1 is 1.20 bits per heavy atom. The van der Waals surface area contributed by atoms with Crippen LogP contribution in [0.25, 0.3) is 0 Å². The number of rotatable bonds is 1. The monoisotopic (exact) mass is 231 g/mol. The van der Waals surface area contributed by atoms with Crippen LogP contribution in [0, 0.1) is 11.6 Å². The third kappa shape index (κ3) is 1.86. The van der Waals surface area contributed by atoms with Gasteiger partial charge in [0.15, 0.2) is 0 Å². The van der Waals surface area contributed by atoms with Gasteiger partial charge < -0.3 is 5.73 Å². The summed E-state index contributed by atoms with van der Waals surface area (Å²) >= 11 is 5.81. The highest BCUT2D eigenvalue weighted by Crippen LogP contribution is 2.40. The van der Waals surface area contributed by atoms with Crippen molar-refractivity contribution in [2.75, 3.05) is 0 Å². The van der Waals surface area contributed by atoms with Crippen molar-refractivity contribution in [1.29, 1.82) is 0 Å². The smallest absolute Gasteiger partial charge is 0.145 e. The van der Waals surface area contributed by atoms with Crippen LogP contribution in [0.15, 0.2) is 12.1 Å². The molecule has 0 aromatic heterocycles. The highest BCUT2D eigenvalue weighted by Gasteiger charge is 2.34. The number of benzene rings is 1. The first-order valence-electron chi connectivity index (χ1n) is 4.97. The van der Waals surface area contributed by atoms with E-state index in [0.717, 1.165) is 31.7 Å². The summed E-state index contributed by atoms with van der Waals surface area (Å²) in [7, 11) is 0. The zero-order chi connectivity index (χ0) is 11.1. The predicted molar refractivity (Wildman–Crippen MR) is 55.7 cm³/mol.